The lowest BCUT2D eigenvalue weighted by Crippen LogP contribution is -2.45. The molecule has 0 fully saturated rings. The van der Waals surface area contributed by atoms with Gasteiger partial charge in [-0.2, -0.15) is 9.78 Å². The second kappa shape index (κ2) is 12.3. The number of rotatable bonds is 9. The average Bonchev–Trinajstić information content (AvgIpc) is 3.58. The maximum Gasteiger partial charge on any atom is 0.339 e. The molecule has 1 atom stereocenters. The predicted molar refractivity (Wildman–Crippen MR) is 141 cm³/mol. The molecular formula is C25H23ClFN9O4. The first kappa shape index (κ1) is 28.0. The van der Waals surface area contributed by atoms with Gasteiger partial charge >= 0.3 is 5.97 Å². The highest BCUT2D eigenvalue weighted by molar-refractivity contribution is 6.31. The Labute approximate surface area is 232 Å². The molecule has 0 aliphatic heterocycles. The number of benzene rings is 1. The first-order valence-corrected chi connectivity index (χ1v) is 12.1. The largest absolute Gasteiger partial charge is 0.465 e. The summed E-state index contributed by atoms with van der Waals surface area (Å²) in [6.45, 7) is 1.85. The Bertz CT molecular complexity index is 1550. The molecule has 1 aromatic carbocycles. The van der Waals surface area contributed by atoms with Crippen molar-refractivity contribution in [3.8, 4) is 5.69 Å². The topological polar surface area (TPSA) is 159 Å². The van der Waals surface area contributed by atoms with E-state index in [9.17, 15) is 18.8 Å². The number of pyridine rings is 1. The number of esters is 1. The second-order valence-corrected chi connectivity index (χ2v) is 8.87. The number of amides is 2. The summed E-state index contributed by atoms with van der Waals surface area (Å²) < 4.78 is 22.4. The predicted octanol–water partition coefficient (Wildman–Crippen LogP) is 2.06. The maximum atomic E-state index is 14.9. The smallest absolute Gasteiger partial charge is 0.339 e. The molecule has 3 aromatic heterocycles. The van der Waals surface area contributed by atoms with E-state index in [1.54, 1.807) is 17.8 Å². The standard InChI is InChI=1S/C25H23ClFN9O4/c1-14-10-16(32-35(14)2)11-19(24(38)31-21-8-4-15(12-28-21)25(39)40-3)30-22(37)9-5-17-20(36-13-29-33-34-36)7-6-18(26)23(17)27/h4-10,12-13,19H,11H2,1-3H3,(H,30,37)(H,28,31,38)/b9-5+/t19-/m0/s1. The lowest BCUT2D eigenvalue weighted by atomic mass is 10.1. The fourth-order valence-corrected chi connectivity index (χ4v) is 3.80. The van der Waals surface area contributed by atoms with Gasteiger partial charge in [-0.15, -0.1) is 5.10 Å². The van der Waals surface area contributed by atoms with Crippen molar-refractivity contribution < 1.29 is 23.5 Å². The molecular weight excluding hydrogens is 545 g/mol. The van der Waals surface area contributed by atoms with Gasteiger partial charge < -0.3 is 15.4 Å². The Balaban J connectivity index is 1.55. The van der Waals surface area contributed by atoms with Crippen LogP contribution < -0.4 is 10.6 Å². The van der Waals surface area contributed by atoms with Crippen molar-refractivity contribution in [3.05, 3.63) is 82.3 Å². The van der Waals surface area contributed by atoms with E-state index < -0.39 is 29.6 Å². The highest BCUT2D eigenvalue weighted by atomic mass is 35.5. The van der Waals surface area contributed by atoms with Crippen LogP contribution in [-0.2, 0) is 27.8 Å². The average molecular weight is 568 g/mol. The zero-order valence-corrected chi connectivity index (χ0v) is 22.3. The Morgan fingerprint density at radius 1 is 1.23 bits per heavy atom. The van der Waals surface area contributed by atoms with E-state index in [1.165, 1.54) is 54.7 Å². The number of methoxy groups -OCH3 is 1. The van der Waals surface area contributed by atoms with E-state index in [4.69, 9.17) is 11.6 Å². The van der Waals surface area contributed by atoms with Gasteiger partial charge in [0.05, 0.1) is 29.1 Å². The Kier molecular flexibility index (Phi) is 8.59. The molecule has 0 radical (unpaired) electrons. The van der Waals surface area contributed by atoms with E-state index in [0.29, 0.717) is 5.69 Å². The van der Waals surface area contributed by atoms with Crippen molar-refractivity contribution in [3.63, 3.8) is 0 Å². The number of nitrogens with one attached hydrogen (secondary N) is 2. The van der Waals surface area contributed by atoms with Crippen molar-refractivity contribution in [1.82, 2.24) is 40.3 Å². The van der Waals surface area contributed by atoms with Crippen LogP contribution in [0.3, 0.4) is 0 Å². The molecule has 0 bridgehead atoms. The normalized spacial score (nSPS) is 11.8. The van der Waals surface area contributed by atoms with Gasteiger partial charge in [0, 0.05) is 37.0 Å². The lowest BCUT2D eigenvalue weighted by Gasteiger charge is -2.17. The summed E-state index contributed by atoms with van der Waals surface area (Å²) in [6, 6.07) is 6.40. The highest BCUT2D eigenvalue weighted by Crippen LogP contribution is 2.25. The molecule has 3 heterocycles. The van der Waals surface area contributed by atoms with Crippen molar-refractivity contribution in [2.75, 3.05) is 12.4 Å². The maximum absolute atomic E-state index is 14.9. The number of nitrogens with zero attached hydrogens (tertiary/aromatic N) is 7. The number of ether oxygens (including phenoxy) is 1. The molecule has 2 N–H and O–H groups in total. The molecule has 0 aliphatic rings. The number of halogens is 2. The molecule has 4 rings (SSSR count). The van der Waals surface area contributed by atoms with Crippen LogP contribution in [0.25, 0.3) is 11.8 Å². The lowest BCUT2D eigenvalue weighted by molar-refractivity contribution is -0.123. The number of aromatic nitrogens is 7. The number of hydrogen-bond donors (Lipinski definition) is 2. The molecule has 206 valence electrons. The number of carbonyl (C=O) groups is 3. The SMILES string of the molecule is COC(=O)c1ccc(NC(=O)[C@H](Cc2cc(C)n(C)n2)NC(=O)/C=C/c2c(-n3cnnn3)ccc(Cl)c2F)nc1. The Morgan fingerprint density at radius 3 is 2.65 bits per heavy atom. The van der Waals surface area contributed by atoms with Gasteiger partial charge in [-0.1, -0.05) is 11.6 Å². The Hall–Kier alpha value is -4.98. The van der Waals surface area contributed by atoms with E-state index >= 15 is 0 Å². The number of aryl methyl sites for hydroxylation is 2. The third-order valence-electron chi connectivity index (χ3n) is 5.75. The fourth-order valence-electron chi connectivity index (χ4n) is 3.64. The minimum atomic E-state index is -1.09. The molecule has 0 unspecified atom stereocenters. The molecule has 13 nitrogen and oxygen atoms in total. The van der Waals surface area contributed by atoms with E-state index in [0.717, 1.165) is 11.8 Å². The van der Waals surface area contributed by atoms with E-state index in [1.807, 2.05) is 6.92 Å². The molecule has 15 heteroatoms. The molecule has 0 aliphatic carbocycles. The van der Waals surface area contributed by atoms with Crippen LogP contribution in [0, 0.1) is 12.7 Å². The number of hydrogen-bond acceptors (Lipinski definition) is 9. The van der Waals surface area contributed by atoms with Gasteiger partial charge in [0.2, 0.25) is 11.8 Å². The molecule has 0 spiro atoms. The van der Waals surface area contributed by atoms with Gasteiger partial charge in [-0.3, -0.25) is 14.3 Å². The van der Waals surface area contributed by atoms with Gasteiger partial charge in [-0.25, -0.2) is 14.2 Å². The van der Waals surface area contributed by atoms with Crippen molar-refractivity contribution in [2.24, 2.45) is 7.05 Å². The van der Waals surface area contributed by atoms with Crippen LogP contribution in [0.4, 0.5) is 10.2 Å². The van der Waals surface area contributed by atoms with Crippen LogP contribution in [-0.4, -0.2) is 65.9 Å². The molecule has 2 amide bonds. The van der Waals surface area contributed by atoms with Crippen LogP contribution in [0.5, 0.6) is 0 Å². The number of anilines is 1. The fraction of sp³-hybridized carbons (Fsp3) is 0.200. The summed E-state index contributed by atoms with van der Waals surface area (Å²) in [6.07, 6.45) is 4.84. The highest BCUT2D eigenvalue weighted by Gasteiger charge is 2.23. The first-order valence-electron chi connectivity index (χ1n) is 11.7. The third kappa shape index (κ3) is 6.53. The van der Waals surface area contributed by atoms with Crippen LogP contribution in [0.15, 0.2) is 48.9 Å². The minimum Gasteiger partial charge on any atom is -0.465 e. The van der Waals surface area contributed by atoms with Crippen molar-refractivity contribution in [1.29, 1.82) is 0 Å². The van der Waals surface area contributed by atoms with Gasteiger partial charge in [-0.05, 0) is 53.8 Å². The summed E-state index contributed by atoms with van der Waals surface area (Å²) in [5.41, 5.74) is 1.82. The second-order valence-electron chi connectivity index (χ2n) is 8.46. The van der Waals surface area contributed by atoms with Gasteiger partial charge in [0.25, 0.3) is 0 Å². The molecule has 0 saturated heterocycles. The third-order valence-corrected chi connectivity index (χ3v) is 6.05. The summed E-state index contributed by atoms with van der Waals surface area (Å²) >= 11 is 5.94. The van der Waals surface area contributed by atoms with Gasteiger partial charge in [0.15, 0.2) is 5.82 Å². The first-order chi connectivity index (χ1) is 19.2. The summed E-state index contributed by atoms with van der Waals surface area (Å²) in [4.78, 5) is 41.8. The zero-order valence-electron chi connectivity index (χ0n) is 21.5. The zero-order chi connectivity index (χ0) is 28.8. The van der Waals surface area contributed by atoms with E-state index in [-0.39, 0.29) is 34.1 Å². The molecule has 40 heavy (non-hydrogen) atoms. The van der Waals surface area contributed by atoms with Crippen molar-refractivity contribution in [2.45, 2.75) is 19.4 Å². The van der Waals surface area contributed by atoms with Crippen LogP contribution in [0.1, 0.15) is 27.3 Å². The van der Waals surface area contributed by atoms with Crippen LogP contribution >= 0.6 is 11.6 Å². The van der Waals surface area contributed by atoms with Crippen molar-refractivity contribution >= 4 is 41.3 Å². The van der Waals surface area contributed by atoms with E-state index in [2.05, 4.69) is 41.0 Å². The minimum absolute atomic E-state index is 0.0359. The Morgan fingerprint density at radius 2 is 2.02 bits per heavy atom. The monoisotopic (exact) mass is 567 g/mol. The summed E-state index contributed by atoms with van der Waals surface area (Å²) in [7, 11) is 3.00. The summed E-state index contributed by atoms with van der Waals surface area (Å²) in [5, 5.41) is 20.3. The molecule has 4 aromatic rings. The number of tetrazole rings is 1. The number of carbonyl (C=O) groups excluding carboxylic acids is 3. The summed E-state index contributed by atoms with van der Waals surface area (Å²) in [5.74, 6) is -2.49. The van der Waals surface area contributed by atoms with Gasteiger partial charge in [0.1, 0.15) is 18.2 Å². The van der Waals surface area contributed by atoms with Crippen LogP contribution in [0.2, 0.25) is 5.02 Å². The quantitative estimate of drug-likeness (QED) is 0.228. The molecule has 0 saturated carbocycles.